The molecule has 1 unspecified atom stereocenters. The number of hydrogen-bond donors (Lipinski definition) is 2. The van der Waals surface area contributed by atoms with Crippen LogP contribution >= 0.6 is 0 Å². The van der Waals surface area contributed by atoms with E-state index >= 15 is 0 Å². The van der Waals surface area contributed by atoms with E-state index in [1.54, 1.807) is 0 Å². The number of rotatable bonds is 7. The van der Waals surface area contributed by atoms with Crippen molar-refractivity contribution in [1.82, 2.24) is 9.80 Å². The maximum Gasteiger partial charge on any atom is 0.329 e. The minimum atomic E-state index is -0.919. The molecule has 0 aliphatic carbocycles. The normalized spacial score (nSPS) is 22.8. The minimum Gasteiger partial charge on any atom is -0.480 e. The van der Waals surface area contributed by atoms with Crippen molar-refractivity contribution >= 4 is 17.5 Å². The maximum absolute atomic E-state index is 10.6. The molecule has 168 valence electrons. The van der Waals surface area contributed by atoms with Crippen LogP contribution in [0.5, 0.6) is 0 Å². The molecule has 2 saturated heterocycles. The molecule has 3 aliphatic heterocycles. The van der Waals surface area contributed by atoms with Gasteiger partial charge in [-0.2, -0.15) is 0 Å². The van der Waals surface area contributed by atoms with Gasteiger partial charge >= 0.3 is 5.97 Å². The predicted octanol–water partition coefficient (Wildman–Crippen LogP) is 1.40. The molecular weight excluding hydrogens is 400 g/mol. The lowest BCUT2D eigenvalue weighted by atomic mass is 10.0. The van der Waals surface area contributed by atoms with Gasteiger partial charge in [-0.3, -0.25) is 10.3 Å². The molecule has 4 rings (SSSR count). The van der Waals surface area contributed by atoms with Gasteiger partial charge in [0.05, 0.1) is 25.0 Å². The third-order valence-electron chi connectivity index (χ3n) is 5.99. The van der Waals surface area contributed by atoms with Crippen molar-refractivity contribution in [3.05, 3.63) is 35.4 Å². The van der Waals surface area contributed by atoms with E-state index in [4.69, 9.17) is 24.8 Å². The number of nitrogens with zero attached hydrogens (tertiary/aromatic N) is 3. The summed E-state index contributed by atoms with van der Waals surface area (Å²) in [7, 11) is 0. The molecule has 0 amide bonds. The van der Waals surface area contributed by atoms with Crippen LogP contribution in [0.15, 0.2) is 29.4 Å². The number of oxime groups is 1. The van der Waals surface area contributed by atoms with E-state index in [1.165, 1.54) is 0 Å². The number of nitrogens with one attached hydrogen (secondary N) is 1. The van der Waals surface area contributed by atoms with Gasteiger partial charge in [-0.25, -0.2) is 4.79 Å². The number of ether oxygens (including phenoxy) is 2. The van der Waals surface area contributed by atoms with Crippen molar-refractivity contribution in [3.63, 3.8) is 0 Å². The second kappa shape index (κ2) is 10.2. The summed E-state index contributed by atoms with van der Waals surface area (Å²) in [5.41, 5.74) is 2.87. The smallest absolute Gasteiger partial charge is 0.329 e. The van der Waals surface area contributed by atoms with Crippen LogP contribution in [-0.4, -0.2) is 97.2 Å². The van der Waals surface area contributed by atoms with E-state index in [-0.39, 0.29) is 18.8 Å². The Morgan fingerprint density at radius 2 is 1.87 bits per heavy atom. The van der Waals surface area contributed by atoms with E-state index < -0.39 is 5.97 Å². The van der Waals surface area contributed by atoms with Crippen molar-refractivity contribution in [2.45, 2.75) is 31.5 Å². The summed E-state index contributed by atoms with van der Waals surface area (Å²) in [6.45, 7) is 5.18. The lowest BCUT2D eigenvalue weighted by molar-refractivity contribution is -0.145. The highest BCUT2D eigenvalue weighted by molar-refractivity contribution is 6.02. The number of carbonyl (C=O) groups is 1. The quantitative estimate of drug-likeness (QED) is 0.497. The zero-order valence-electron chi connectivity index (χ0n) is 17.7. The van der Waals surface area contributed by atoms with E-state index in [1.807, 2.05) is 29.2 Å². The van der Waals surface area contributed by atoms with E-state index in [9.17, 15) is 4.79 Å². The highest BCUT2D eigenvalue weighted by Crippen LogP contribution is 2.21. The van der Waals surface area contributed by atoms with Crippen molar-refractivity contribution in [2.24, 2.45) is 5.16 Å². The third-order valence-corrected chi connectivity index (χ3v) is 5.99. The van der Waals surface area contributed by atoms with Gasteiger partial charge in [-0.15, -0.1) is 0 Å². The van der Waals surface area contributed by atoms with Crippen LogP contribution < -0.4 is 0 Å². The molecule has 0 saturated carbocycles. The average Bonchev–Trinajstić information content (AvgIpc) is 3.27. The van der Waals surface area contributed by atoms with Crippen LogP contribution in [0.3, 0.4) is 0 Å². The largest absolute Gasteiger partial charge is 0.480 e. The molecule has 3 heterocycles. The van der Waals surface area contributed by atoms with Gasteiger partial charge in [-0.05, 0) is 18.4 Å². The summed E-state index contributed by atoms with van der Waals surface area (Å²) >= 11 is 0. The first-order valence-corrected chi connectivity index (χ1v) is 10.9. The van der Waals surface area contributed by atoms with Crippen LogP contribution in [0.25, 0.3) is 0 Å². The molecule has 0 bridgehead atoms. The van der Waals surface area contributed by atoms with Crippen molar-refractivity contribution in [2.75, 3.05) is 52.5 Å². The molecule has 2 fully saturated rings. The minimum absolute atomic E-state index is 0.0258. The Hall–Kier alpha value is -2.49. The summed E-state index contributed by atoms with van der Waals surface area (Å²) in [6, 6.07) is 7.98. The summed E-state index contributed by atoms with van der Waals surface area (Å²) in [4.78, 5) is 20.7. The highest BCUT2D eigenvalue weighted by Gasteiger charge is 2.27. The fraction of sp³-hybridized carbons (Fsp3) is 0.591. The van der Waals surface area contributed by atoms with Crippen molar-refractivity contribution < 1.29 is 24.2 Å². The van der Waals surface area contributed by atoms with Crippen molar-refractivity contribution in [1.29, 1.82) is 5.41 Å². The first kappa shape index (κ1) is 21.7. The van der Waals surface area contributed by atoms with E-state index in [0.29, 0.717) is 19.0 Å². The zero-order chi connectivity index (χ0) is 21.6. The SMILES string of the molecule is N=C(c1ccc(C2=NOC(CN3CCC(OCC(=O)O)CC3)C2)cc1)N1CCOCC1. The van der Waals surface area contributed by atoms with Gasteiger partial charge < -0.3 is 24.3 Å². The molecule has 3 aliphatic rings. The lowest BCUT2D eigenvalue weighted by Crippen LogP contribution is -2.41. The molecule has 9 nitrogen and oxygen atoms in total. The van der Waals surface area contributed by atoms with Gasteiger partial charge in [0.25, 0.3) is 0 Å². The lowest BCUT2D eigenvalue weighted by Gasteiger charge is -2.32. The van der Waals surface area contributed by atoms with Crippen LogP contribution in [-0.2, 0) is 19.1 Å². The zero-order valence-corrected chi connectivity index (χ0v) is 17.7. The van der Waals surface area contributed by atoms with Gasteiger partial charge in [-0.1, -0.05) is 29.4 Å². The maximum atomic E-state index is 10.6. The van der Waals surface area contributed by atoms with Gasteiger partial charge in [0.1, 0.15) is 18.5 Å². The number of amidine groups is 1. The summed E-state index contributed by atoms with van der Waals surface area (Å²) < 4.78 is 10.8. The molecular formula is C22H30N4O5. The topological polar surface area (TPSA) is 108 Å². The summed E-state index contributed by atoms with van der Waals surface area (Å²) in [5, 5.41) is 21.4. The Balaban J connectivity index is 1.23. The first-order chi connectivity index (χ1) is 15.1. The van der Waals surface area contributed by atoms with Gasteiger partial charge in [0.2, 0.25) is 0 Å². The Labute approximate surface area is 182 Å². The fourth-order valence-corrected chi connectivity index (χ4v) is 4.22. The van der Waals surface area contributed by atoms with Gasteiger partial charge in [0.15, 0.2) is 0 Å². The molecule has 1 atom stereocenters. The van der Waals surface area contributed by atoms with Crippen molar-refractivity contribution in [3.8, 4) is 0 Å². The second-order valence-corrected chi connectivity index (χ2v) is 8.20. The number of morpholine rings is 1. The molecule has 0 radical (unpaired) electrons. The molecule has 0 aromatic heterocycles. The van der Waals surface area contributed by atoms with Crippen LogP contribution in [0.4, 0.5) is 0 Å². The van der Waals surface area contributed by atoms with E-state index in [0.717, 1.165) is 68.8 Å². The summed E-state index contributed by atoms with van der Waals surface area (Å²) in [6.07, 6.45) is 2.49. The number of aliphatic carboxylic acids is 1. The molecule has 1 aromatic rings. The Morgan fingerprint density at radius 3 is 2.55 bits per heavy atom. The van der Waals surface area contributed by atoms with Crippen LogP contribution in [0, 0.1) is 5.41 Å². The third kappa shape index (κ3) is 5.81. The number of benzene rings is 1. The average molecular weight is 431 g/mol. The van der Waals surface area contributed by atoms with Gasteiger partial charge in [0, 0.05) is 44.7 Å². The number of hydrogen-bond acceptors (Lipinski definition) is 7. The number of carboxylic acid groups (broad SMARTS) is 1. The number of carboxylic acids is 1. The van der Waals surface area contributed by atoms with Crippen LogP contribution in [0.1, 0.15) is 30.4 Å². The molecule has 31 heavy (non-hydrogen) atoms. The number of piperidine rings is 1. The summed E-state index contributed by atoms with van der Waals surface area (Å²) in [5.74, 6) is -0.384. The standard InChI is InChI=1S/C22H30N4O5/c23-22(26-9-11-29-12-10-26)17-3-1-16(2-4-17)20-13-19(31-24-20)14-25-7-5-18(6-8-25)30-15-21(27)28/h1-4,18-19,23H,5-15H2,(H,27,28). The highest BCUT2D eigenvalue weighted by atomic mass is 16.6. The monoisotopic (exact) mass is 430 g/mol. The predicted molar refractivity (Wildman–Crippen MR) is 115 cm³/mol. The number of likely N-dealkylation sites (tertiary alicyclic amines) is 1. The Bertz CT molecular complexity index is 799. The molecule has 9 heteroatoms. The van der Waals surface area contributed by atoms with E-state index in [2.05, 4.69) is 10.1 Å². The molecule has 0 spiro atoms. The second-order valence-electron chi connectivity index (χ2n) is 8.20. The fourth-order valence-electron chi connectivity index (χ4n) is 4.22. The first-order valence-electron chi connectivity index (χ1n) is 10.9. The van der Waals surface area contributed by atoms with Crippen LogP contribution in [0.2, 0.25) is 0 Å². The Morgan fingerprint density at radius 1 is 1.16 bits per heavy atom. The molecule has 1 aromatic carbocycles. The Kier molecular flexibility index (Phi) is 7.16. The molecule has 2 N–H and O–H groups in total.